The Balaban J connectivity index is 0. The third kappa shape index (κ3) is 16.9. The summed E-state index contributed by atoms with van der Waals surface area (Å²) in [5.74, 6) is -2.20. The van der Waals surface area contributed by atoms with Crippen molar-refractivity contribution in [1.29, 1.82) is 0 Å². The SMILES string of the molecule is NC(N)=S.N[C@@H](CCC(=O)O)C(=O)O. The standard InChI is InChI=1S/C5H9NO4.CH4N2S/c6-3(5(9)10)1-2-4(7)8;2-1(3)4/h3H,1-2,6H2,(H,7,8)(H,9,10);(H4,2,3,4)/t3-;/m0./s1. The van der Waals surface area contributed by atoms with E-state index in [4.69, 9.17) is 15.9 Å². The first-order valence-corrected chi connectivity index (χ1v) is 3.93. The van der Waals surface area contributed by atoms with E-state index in [0.717, 1.165) is 0 Å². The number of nitrogens with two attached hydrogens (primary N) is 3. The van der Waals surface area contributed by atoms with E-state index in [1.165, 1.54) is 0 Å². The van der Waals surface area contributed by atoms with Gasteiger partial charge in [-0.2, -0.15) is 0 Å². The van der Waals surface area contributed by atoms with Crippen LogP contribution in [0.4, 0.5) is 0 Å². The molecule has 0 aromatic rings. The molecule has 0 aliphatic carbocycles. The van der Waals surface area contributed by atoms with Crippen LogP contribution < -0.4 is 17.2 Å². The molecule has 0 aliphatic heterocycles. The van der Waals surface area contributed by atoms with E-state index in [0.29, 0.717) is 0 Å². The topological polar surface area (TPSA) is 153 Å². The van der Waals surface area contributed by atoms with Gasteiger partial charge in [-0.3, -0.25) is 9.59 Å². The second-order valence-electron chi connectivity index (χ2n) is 2.28. The molecule has 0 rings (SSSR count). The predicted molar refractivity (Wildman–Crippen MR) is 53.5 cm³/mol. The monoisotopic (exact) mass is 223 g/mol. The average molecular weight is 223 g/mol. The molecule has 7 nitrogen and oxygen atoms in total. The summed E-state index contributed by atoms with van der Waals surface area (Å²) in [7, 11) is 0. The maximum absolute atomic E-state index is 9.99. The predicted octanol–water partition coefficient (Wildman–Crippen LogP) is -1.55. The number of thiocarbonyl (C=S) groups is 1. The minimum Gasteiger partial charge on any atom is -0.481 e. The van der Waals surface area contributed by atoms with Crippen LogP contribution in [0.2, 0.25) is 0 Å². The van der Waals surface area contributed by atoms with Gasteiger partial charge in [-0.25, -0.2) is 0 Å². The quantitative estimate of drug-likeness (QED) is 0.359. The first-order valence-electron chi connectivity index (χ1n) is 3.52. The molecular weight excluding hydrogens is 210 g/mol. The molecule has 0 aromatic carbocycles. The molecule has 0 spiro atoms. The second-order valence-corrected chi connectivity index (χ2v) is 2.75. The second kappa shape index (κ2) is 8.20. The molecule has 0 saturated carbocycles. The third-order valence-electron chi connectivity index (χ3n) is 0.986. The van der Waals surface area contributed by atoms with E-state index >= 15 is 0 Å². The Labute approximate surface area is 85.9 Å². The van der Waals surface area contributed by atoms with Crippen molar-refractivity contribution < 1.29 is 19.8 Å². The Hall–Kier alpha value is -1.41. The lowest BCUT2D eigenvalue weighted by Gasteiger charge is -2.01. The molecule has 0 heterocycles. The fourth-order valence-corrected chi connectivity index (χ4v) is 0.402. The van der Waals surface area contributed by atoms with Crippen LogP contribution in [0.1, 0.15) is 12.8 Å². The van der Waals surface area contributed by atoms with Gasteiger partial charge in [0.05, 0.1) is 0 Å². The molecule has 8 N–H and O–H groups in total. The fraction of sp³-hybridized carbons (Fsp3) is 0.500. The van der Waals surface area contributed by atoms with Gasteiger partial charge in [-0.1, -0.05) is 0 Å². The molecule has 0 amide bonds. The zero-order chi connectivity index (χ0) is 11.7. The summed E-state index contributed by atoms with van der Waals surface area (Å²) in [5.41, 5.74) is 14.2. The van der Waals surface area contributed by atoms with E-state index in [1.807, 2.05) is 0 Å². The maximum Gasteiger partial charge on any atom is 0.320 e. The largest absolute Gasteiger partial charge is 0.481 e. The van der Waals surface area contributed by atoms with Crippen molar-refractivity contribution in [2.24, 2.45) is 17.2 Å². The Kier molecular flexibility index (Phi) is 8.83. The summed E-state index contributed by atoms with van der Waals surface area (Å²) in [5, 5.41) is 16.3. The smallest absolute Gasteiger partial charge is 0.320 e. The summed E-state index contributed by atoms with van der Waals surface area (Å²) >= 11 is 4.09. The highest BCUT2D eigenvalue weighted by atomic mass is 32.1. The summed E-state index contributed by atoms with van der Waals surface area (Å²) in [4.78, 5) is 19.9. The first kappa shape index (κ1) is 15.1. The summed E-state index contributed by atoms with van der Waals surface area (Å²) in [6.07, 6.45) is -0.224. The maximum atomic E-state index is 9.99. The van der Waals surface area contributed by atoms with Gasteiger partial charge < -0.3 is 27.4 Å². The first-order chi connectivity index (χ1) is 6.27. The highest BCUT2D eigenvalue weighted by molar-refractivity contribution is 7.80. The van der Waals surface area contributed by atoms with Crippen molar-refractivity contribution in [1.82, 2.24) is 0 Å². The van der Waals surface area contributed by atoms with Crippen LogP contribution in [0, 0.1) is 0 Å². The number of rotatable bonds is 4. The summed E-state index contributed by atoms with van der Waals surface area (Å²) < 4.78 is 0. The van der Waals surface area contributed by atoms with E-state index in [9.17, 15) is 9.59 Å². The van der Waals surface area contributed by atoms with Gasteiger partial charge in [0.15, 0.2) is 5.11 Å². The lowest BCUT2D eigenvalue weighted by molar-refractivity contribution is -0.139. The van der Waals surface area contributed by atoms with Crippen molar-refractivity contribution in [3.8, 4) is 0 Å². The van der Waals surface area contributed by atoms with E-state index < -0.39 is 18.0 Å². The highest BCUT2D eigenvalue weighted by Gasteiger charge is 2.12. The van der Waals surface area contributed by atoms with Crippen LogP contribution in [0.15, 0.2) is 0 Å². The molecule has 0 unspecified atom stereocenters. The van der Waals surface area contributed by atoms with Crippen LogP contribution >= 0.6 is 12.2 Å². The minimum absolute atomic E-state index is 0.000000000000000222. The number of hydrogen-bond donors (Lipinski definition) is 5. The van der Waals surface area contributed by atoms with Crippen LogP contribution in [-0.2, 0) is 9.59 Å². The number of carboxylic acids is 2. The molecule has 0 bridgehead atoms. The molecule has 0 fully saturated rings. The average Bonchev–Trinajstić information content (AvgIpc) is 1.98. The van der Waals surface area contributed by atoms with E-state index in [-0.39, 0.29) is 18.0 Å². The number of hydrogen-bond acceptors (Lipinski definition) is 4. The molecule has 8 heteroatoms. The minimum atomic E-state index is -1.17. The Bertz CT molecular complexity index is 217. The van der Waals surface area contributed by atoms with Gasteiger partial charge in [0.1, 0.15) is 6.04 Å². The van der Waals surface area contributed by atoms with Gasteiger partial charge in [0, 0.05) is 6.42 Å². The van der Waals surface area contributed by atoms with Gasteiger partial charge in [-0.15, -0.1) is 0 Å². The van der Waals surface area contributed by atoms with Crippen LogP contribution in [0.3, 0.4) is 0 Å². The summed E-state index contributed by atoms with van der Waals surface area (Å²) in [6, 6.07) is -1.06. The van der Waals surface area contributed by atoms with Crippen LogP contribution in [0.5, 0.6) is 0 Å². The van der Waals surface area contributed by atoms with Gasteiger partial charge in [0.2, 0.25) is 0 Å². The number of carboxylic acid groups (broad SMARTS) is 2. The lowest BCUT2D eigenvalue weighted by atomic mass is 10.2. The van der Waals surface area contributed by atoms with Crippen molar-refractivity contribution >= 4 is 29.3 Å². The zero-order valence-corrected chi connectivity index (χ0v) is 8.16. The normalized spacial score (nSPS) is 10.6. The highest BCUT2D eigenvalue weighted by Crippen LogP contribution is 1.93. The summed E-state index contributed by atoms with van der Waals surface area (Å²) in [6.45, 7) is 0. The van der Waals surface area contributed by atoms with Gasteiger partial charge in [0.25, 0.3) is 0 Å². The molecule has 0 saturated heterocycles. The van der Waals surface area contributed by atoms with Crippen molar-refractivity contribution in [2.45, 2.75) is 18.9 Å². The van der Waals surface area contributed by atoms with Crippen molar-refractivity contribution in [2.75, 3.05) is 0 Å². The molecule has 1 atom stereocenters. The van der Waals surface area contributed by atoms with Crippen molar-refractivity contribution in [3.05, 3.63) is 0 Å². The molecule has 0 aromatic heterocycles. The molecule has 0 radical (unpaired) electrons. The number of aliphatic carboxylic acids is 2. The van der Waals surface area contributed by atoms with Crippen LogP contribution in [0.25, 0.3) is 0 Å². The molecular formula is C6H13N3O4S. The fourth-order valence-electron chi connectivity index (χ4n) is 0.402. The Morgan fingerprint density at radius 1 is 1.29 bits per heavy atom. The number of carbonyl (C=O) groups is 2. The lowest BCUT2D eigenvalue weighted by Crippen LogP contribution is -2.30. The Morgan fingerprint density at radius 3 is 1.86 bits per heavy atom. The molecule has 82 valence electrons. The molecule has 14 heavy (non-hydrogen) atoms. The molecule has 0 aliphatic rings. The van der Waals surface area contributed by atoms with Crippen LogP contribution in [-0.4, -0.2) is 33.3 Å². The van der Waals surface area contributed by atoms with E-state index in [1.54, 1.807) is 0 Å². The third-order valence-corrected chi connectivity index (χ3v) is 0.986. The van der Waals surface area contributed by atoms with E-state index in [2.05, 4.69) is 23.7 Å². The Morgan fingerprint density at radius 2 is 1.64 bits per heavy atom. The van der Waals surface area contributed by atoms with Crippen molar-refractivity contribution in [3.63, 3.8) is 0 Å². The zero-order valence-electron chi connectivity index (χ0n) is 7.34. The van der Waals surface area contributed by atoms with Gasteiger partial charge in [-0.05, 0) is 18.6 Å². The van der Waals surface area contributed by atoms with Gasteiger partial charge >= 0.3 is 11.9 Å².